The van der Waals surface area contributed by atoms with Crippen LogP contribution in [0.15, 0.2) is 30.9 Å². The molecule has 3 heteroatoms. The summed E-state index contributed by atoms with van der Waals surface area (Å²) in [5.41, 5.74) is 2.42. The summed E-state index contributed by atoms with van der Waals surface area (Å²) >= 11 is 0. The number of hydrogen-bond donors (Lipinski definition) is 0. The summed E-state index contributed by atoms with van der Waals surface area (Å²) in [6.45, 7) is 8.45. The molecule has 1 aromatic carbocycles. The third-order valence-corrected chi connectivity index (χ3v) is 2.70. The lowest BCUT2D eigenvalue weighted by Crippen LogP contribution is -2.07. The Bertz CT molecular complexity index is 424. The minimum atomic E-state index is -0.387. The maximum Gasteiger partial charge on any atom is 0.330 e. The Morgan fingerprint density at radius 1 is 1.37 bits per heavy atom. The molecule has 104 valence electrons. The Labute approximate surface area is 115 Å². The number of carbonyl (C=O) groups is 1. The highest BCUT2D eigenvalue weighted by molar-refractivity contribution is 5.81. The molecule has 0 aliphatic carbocycles. The molecule has 0 unspecified atom stereocenters. The van der Waals surface area contributed by atoms with Gasteiger partial charge in [0, 0.05) is 12.5 Å². The smallest absolute Gasteiger partial charge is 0.330 e. The SMILES string of the molecule is C=CC(=O)OCCCOc1cc(C)ccc1CCC. The highest BCUT2D eigenvalue weighted by Crippen LogP contribution is 2.21. The zero-order valence-electron chi connectivity index (χ0n) is 11.8. The fourth-order valence-electron chi connectivity index (χ4n) is 1.74. The molecule has 0 bridgehead atoms. The molecule has 0 saturated heterocycles. The minimum absolute atomic E-state index is 0.361. The second kappa shape index (κ2) is 8.35. The van der Waals surface area contributed by atoms with Crippen LogP contribution in [-0.2, 0) is 16.0 Å². The molecular formula is C16H22O3. The number of hydrogen-bond acceptors (Lipinski definition) is 3. The largest absolute Gasteiger partial charge is 0.493 e. The molecule has 0 aliphatic heterocycles. The van der Waals surface area contributed by atoms with Crippen molar-refractivity contribution in [2.45, 2.75) is 33.1 Å². The standard InChI is InChI=1S/C16H22O3/c1-4-7-14-9-8-13(3)12-15(14)18-10-6-11-19-16(17)5-2/h5,8-9,12H,2,4,6-7,10-11H2,1,3H3. The fraction of sp³-hybridized carbons (Fsp3) is 0.438. The average molecular weight is 262 g/mol. The Morgan fingerprint density at radius 2 is 2.16 bits per heavy atom. The van der Waals surface area contributed by atoms with Gasteiger partial charge in [-0.25, -0.2) is 4.79 Å². The van der Waals surface area contributed by atoms with E-state index in [1.807, 2.05) is 0 Å². The monoisotopic (exact) mass is 262 g/mol. The zero-order chi connectivity index (χ0) is 14.1. The van der Waals surface area contributed by atoms with Crippen molar-refractivity contribution in [1.82, 2.24) is 0 Å². The molecule has 3 nitrogen and oxygen atoms in total. The minimum Gasteiger partial charge on any atom is -0.493 e. The second-order valence-electron chi connectivity index (χ2n) is 4.43. The van der Waals surface area contributed by atoms with Crippen molar-refractivity contribution in [2.75, 3.05) is 13.2 Å². The van der Waals surface area contributed by atoms with Crippen LogP contribution >= 0.6 is 0 Å². The molecule has 1 rings (SSSR count). The second-order valence-corrected chi connectivity index (χ2v) is 4.43. The Hall–Kier alpha value is -1.77. The first-order valence-electron chi connectivity index (χ1n) is 6.69. The van der Waals surface area contributed by atoms with Crippen molar-refractivity contribution in [1.29, 1.82) is 0 Å². The van der Waals surface area contributed by atoms with E-state index in [0.717, 1.165) is 18.6 Å². The number of benzene rings is 1. The van der Waals surface area contributed by atoms with Gasteiger partial charge in [0.25, 0.3) is 0 Å². The van der Waals surface area contributed by atoms with Gasteiger partial charge in [-0.3, -0.25) is 0 Å². The Morgan fingerprint density at radius 3 is 2.84 bits per heavy atom. The summed E-state index contributed by atoms with van der Waals surface area (Å²) in [5, 5.41) is 0. The lowest BCUT2D eigenvalue weighted by atomic mass is 10.1. The molecule has 0 atom stereocenters. The molecule has 0 fully saturated rings. The topological polar surface area (TPSA) is 35.5 Å². The van der Waals surface area contributed by atoms with Crippen LogP contribution in [0, 0.1) is 6.92 Å². The van der Waals surface area contributed by atoms with Crippen molar-refractivity contribution in [3.05, 3.63) is 42.0 Å². The summed E-state index contributed by atoms with van der Waals surface area (Å²) in [4.78, 5) is 10.8. The first-order chi connectivity index (χ1) is 9.17. The van der Waals surface area contributed by atoms with Gasteiger partial charge in [0.15, 0.2) is 0 Å². The normalized spacial score (nSPS) is 10.0. The van der Waals surface area contributed by atoms with Crippen molar-refractivity contribution in [2.24, 2.45) is 0 Å². The van der Waals surface area contributed by atoms with E-state index in [4.69, 9.17) is 9.47 Å². The highest BCUT2D eigenvalue weighted by atomic mass is 16.5. The Balaban J connectivity index is 2.41. The molecule has 1 aromatic rings. The van der Waals surface area contributed by atoms with Crippen LogP contribution in [0.1, 0.15) is 30.9 Å². The molecule has 0 amide bonds. The molecule has 0 radical (unpaired) electrons. The molecule has 0 N–H and O–H groups in total. The van der Waals surface area contributed by atoms with Gasteiger partial charge in [-0.15, -0.1) is 0 Å². The van der Waals surface area contributed by atoms with Crippen molar-refractivity contribution >= 4 is 5.97 Å². The van der Waals surface area contributed by atoms with Crippen molar-refractivity contribution in [3.63, 3.8) is 0 Å². The third kappa shape index (κ3) is 5.60. The van der Waals surface area contributed by atoms with Crippen LogP contribution < -0.4 is 4.74 Å². The average Bonchev–Trinajstić information content (AvgIpc) is 2.41. The van der Waals surface area contributed by atoms with Gasteiger partial charge in [-0.1, -0.05) is 32.1 Å². The van der Waals surface area contributed by atoms with Crippen molar-refractivity contribution < 1.29 is 14.3 Å². The summed E-state index contributed by atoms with van der Waals surface area (Å²) in [6.07, 6.45) is 3.96. The maximum absolute atomic E-state index is 10.8. The number of aryl methyl sites for hydroxylation is 2. The number of ether oxygens (including phenoxy) is 2. The molecular weight excluding hydrogens is 240 g/mol. The van der Waals surface area contributed by atoms with Gasteiger partial charge >= 0.3 is 5.97 Å². The summed E-state index contributed by atoms with van der Waals surface area (Å²) in [6, 6.07) is 6.27. The van der Waals surface area contributed by atoms with Crippen molar-refractivity contribution in [3.8, 4) is 5.75 Å². The van der Waals surface area contributed by atoms with Crippen LogP contribution in [0.25, 0.3) is 0 Å². The van der Waals surface area contributed by atoms with Crippen LogP contribution in [0.3, 0.4) is 0 Å². The molecule has 0 aromatic heterocycles. The first kappa shape index (κ1) is 15.3. The van der Waals surface area contributed by atoms with Gasteiger partial charge in [-0.05, 0) is 30.5 Å². The van der Waals surface area contributed by atoms with Crippen LogP contribution in [-0.4, -0.2) is 19.2 Å². The van der Waals surface area contributed by atoms with Gasteiger partial charge in [0.2, 0.25) is 0 Å². The van der Waals surface area contributed by atoms with Crippen LogP contribution in [0.4, 0.5) is 0 Å². The van der Waals surface area contributed by atoms with Gasteiger partial charge in [-0.2, -0.15) is 0 Å². The highest BCUT2D eigenvalue weighted by Gasteiger charge is 2.03. The van der Waals surface area contributed by atoms with Gasteiger partial charge < -0.3 is 9.47 Å². The number of carbonyl (C=O) groups excluding carboxylic acids is 1. The summed E-state index contributed by atoms with van der Waals surface area (Å²) < 4.78 is 10.7. The third-order valence-electron chi connectivity index (χ3n) is 2.70. The maximum atomic E-state index is 10.8. The zero-order valence-corrected chi connectivity index (χ0v) is 11.8. The molecule has 0 saturated carbocycles. The van der Waals surface area contributed by atoms with Crippen LogP contribution in [0.5, 0.6) is 5.75 Å². The first-order valence-corrected chi connectivity index (χ1v) is 6.69. The van der Waals surface area contributed by atoms with E-state index in [-0.39, 0.29) is 5.97 Å². The van der Waals surface area contributed by atoms with E-state index >= 15 is 0 Å². The molecule has 0 heterocycles. The summed E-state index contributed by atoms with van der Waals surface area (Å²) in [7, 11) is 0. The van der Waals surface area contributed by atoms with Gasteiger partial charge in [0.05, 0.1) is 13.2 Å². The summed E-state index contributed by atoms with van der Waals surface area (Å²) in [5.74, 6) is 0.555. The number of esters is 1. The van der Waals surface area contributed by atoms with E-state index in [1.54, 1.807) is 0 Å². The molecule has 0 spiro atoms. The van der Waals surface area contributed by atoms with E-state index in [1.165, 1.54) is 17.2 Å². The van der Waals surface area contributed by atoms with E-state index in [9.17, 15) is 4.79 Å². The van der Waals surface area contributed by atoms with E-state index in [2.05, 4.69) is 38.6 Å². The van der Waals surface area contributed by atoms with E-state index < -0.39 is 0 Å². The predicted molar refractivity (Wildman–Crippen MR) is 76.4 cm³/mol. The van der Waals surface area contributed by atoms with E-state index in [0.29, 0.717) is 19.6 Å². The lowest BCUT2D eigenvalue weighted by Gasteiger charge is -2.12. The quantitative estimate of drug-likeness (QED) is 0.409. The lowest BCUT2D eigenvalue weighted by molar-refractivity contribution is -0.137. The molecule has 0 aliphatic rings. The predicted octanol–water partition coefficient (Wildman–Crippen LogP) is 3.45. The van der Waals surface area contributed by atoms with Gasteiger partial charge in [0.1, 0.15) is 5.75 Å². The van der Waals surface area contributed by atoms with Crippen LogP contribution in [0.2, 0.25) is 0 Å². The Kier molecular flexibility index (Phi) is 6.72. The molecule has 19 heavy (non-hydrogen) atoms. The fourth-order valence-corrected chi connectivity index (χ4v) is 1.74. The number of rotatable bonds is 8.